The summed E-state index contributed by atoms with van der Waals surface area (Å²) in [5.74, 6) is 0.939. The first kappa shape index (κ1) is 14.4. The molecule has 1 aromatic rings. The number of benzene rings is 1. The van der Waals surface area contributed by atoms with E-state index >= 15 is 0 Å². The summed E-state index contributed by atoms with van der Waals surface area (Å²) in [4.78, 5) is 0. The van der Waals surface area contributed by atoms with Crippen LogP contribution in [-0.4, -0.2) is 19.3 Å². The van der Waals surface area contributed by atoms with Crippen LogP contribution in [0.5, 0.6) is 5.75 Å². The van der Waals surface area contributed by atoms with Gasteiger partial charge < -0.3 is 15.2 Å². The van der Waals surface area contributed by atoms with Crippen LogP contribution in [0, 0.1) is 0 Å². The van der Waals surface area contributed by atoms with Gasteiger partial charge in [0.2, 0.25) is 0 Å². The molecule has 106 valence electrons. The van der Waals surface area contributed by atoms with Crippen molar-refractivity contribution in [1.29, 1.82) is 0 Å². The van der Waals surface area contributed by atoms with E-state index in [1.54, 1.807) is 7.11 Å². The predicted molar refractivity (Wildman–Crippen MR) is 77.3 cm³/mol. The van der Waals surface area contributed by atoms with Gasteiger partial charge in [-0.1, -0.05) is 19.1 Å². The molecule has 3 heteroatoms. The molecule has 0 saturated heterocycles. The minimum absolute atomic E-state index is 0.126. The third-order valence-electron chi connectivity index (χ3n) is 3.96. The van der Waals surface area contributed by atoms with Crippen molar-refractivity contribution in [2.24, 2.45) is 5.73 Å². The first-order valence-corrected chi connectivity index (χ1v) is 7.28. The van der Waals surface area contributed by atoms with E-state index in [4.69, 9.17) is 15.2 Å². The summed E-state index contributed by atoms with van der Waals surface area (Å²) in [5, 5.41) is 0. The van der Waals surface area contributed by atoms with E-state index in [9.17, 15) is 0 Å². The van der Waals surface area contributed by atoms with Crippen molar-refractivity contribution in [2.45, 2.75) is 57.3 Å². The van der Waals surface area contributed by atoms with Crippen molar-refractivity contribution >= 4 is 0 Å². The summed E-state index contributed by atoms with van der Waals surface area (Å²) in [6.07, 6.45) is 6.04. The summed E-state index contributed by atoms with van der Waals surface area (Å²) in [6, 6.07) is 8.32. The molecule has 1 aromatic carbocycles. The van der Waals surface area contributed by atoms with Crippen LogP contribution >= 0.6 is 0 Å². The highest BCUT2D eigenvalue weighted by molar-refractivity contribution is 5.29. The van der Waals surface area contributed by atoms with E-state index in [1.165, 1.54) is 12.0 Å². The van der Waals surface area contributed by atoms with Crippen molar-refractivity contribution in [3.8, 4) is 5.75 Å². The Morgan fingerprint density at radius 1 is 1.21 bits per heavy atom. The van der Waals surface area contributed by atoms with Gasteiger partial charge in [0.25, 0.3) is 0 Å². The lowest BCUT2D eigenvalue weighted by Crippen LogP contribution is -2.29. The van der Waals surface area contributed by atoms with Gasteiger partial charge in [0.05, 0.1) is 6.10 Å². The minimum atomic E-state index is 0.126. The second-order valence-electron chi connectivity index (χ2n) is 5.35. The molecule has 0 aliphatic heterocycles. The maximum Gasteiger partial charge on any atom is 0.119 e. The molecule has 3 atom stereocenters. The predicted octanol–water partition coefficient (Wildman–Crippen LogP) is 3.43. The van der Waals surface area contributed by atoms with Crippen LogP contribution < -0.4 is 10.5 Å². The second-order valence-corrected chi connectivity index (χ2v) is 5.35. The van der Waals surface area contributed by atoms with Crippen LogP contribution in [0.1, 0.15) is 50.6 Å². The van der Waals surface area contributed by atoms with Gasteiger partial charge in [0, 0.05) is 19.6 Å². The number of ether oxygens (including phenoxy) is 2. The Hall–Kier alpha value is -1.06. The molecule has 1 fully saturated rings. The molecule has 2 rings (SSSR count). The normalized spacial score (nSPS) is 25.0. The monoisotopic (exact) mass is 263 g/mol. The van der Waals surface area contributed by atoms with E-state index in [-0.39, 0.29) is 12.1 Å². The number of hydrogen-bond donors (Lipinski definition) is 1. The molecule has 3 nitrogen and oxygen atoms in total. The first-order valence-electron chi connectivity index (χ1n) is 7.28. The van der Waals surface area contributed by atoms with Gasteiger partial charge in [-0.15, -0.1) is 0 Å². The van der Waals surface area contributed by atoms with Gasteiger partial charge in [-0.3, -0.25) is 0 Å². The van der Waals surface area contributed by atoms with Gasteiger partial charge >= 0.3 is 0 Å². The molecule has 2 unspecified atom stereocenters. The van der Waals surface area contributed by atoms with Crippen LogP contribution in [0.3, 0.4) is 0 Å². The third-order valence-corrected chi connectivity index (χ3v) is 3.96. The number of nitrogens with two attached hydrogens (primary N) is 1. The number of hydrogen-bond acceptors (Lipinski definition) is 3. The topological polar surface area (TPSA) is 44.5 Å². The Morgan fingerprint density at radius 3 is 2.53 bits per heavy atom. The molecule has 2 N–H and O–H groups in total. The summed E-state index contributed by atoms with van der Waals surface area (Å²) in [5.41, 5.74) is 7.18. The van der Waals surface area contributed by atoms with Gasteiger partial charge in [-0.25, -0.2) is 0 Å². The number of rotatable bonds is 5. The molecule has 0 aromatic heterocycles. The SMILES string of the molecule is CC[C@@H](N)c1ccc(OC2CCCC(OC)C2)cc1. The molecule has 19 heavy (non-hydrogen) atoms. The van der Waals surface area contributed by atoms with Gasteiger partial charge in [-0.05, 0) is 43.4 Å². The van der Waals surface area contributed by atoms with Crippen molar-refractivity contribution in [3.05, 3.63) is 29.8 Å². The fourth-order valence-corrected chi connectivity index (χ4v) is 2.64. The molecule has 0 amide bonds. The summed E-state index contributed by atoms with van der Waals surface area (Å²) in [7, 11) is 1.79. The lowest BCUT2D eigenvalue weighted by Gasteiger charge is -2.28. The largest absolute Gasteiger partial charge is 0.490 e. The first-order chi connectivity index (χ1) is 9.22. The third kappa shape index (κ3) is 3.95. The van der Waals surface area contributed by atoms with Gasteiger partial charge in [-0.2, -0.15) is 0 Å². The van der Waals surface area contributed by atoms with E-state index < -0.39 is 0 Å². The lowest BCUT2D eigenvalue weighted by atomic mass is 9.95. The zero-order chi connectivity index (χ0) is 13.7. The van der Waals surface area contributed by atoms with Crippen LogP contribution in [-0.2, 0) is 4.74 Å². The van der Waals surface area contributed by atoms with Crippen LogP contribution in [0.4, 0.5) is 0 Å². The Labute approximate surface area is 116 Å². The van der Waals surface area contributed by atoms with Gasteiger partial charge in [0.1, 0.15) is 11.9 Å². The lowest BCUT2D eigenvalue weighted by molar-refractivity contribution is 0.0209. The van der Waals surface area contributed by atoms with Crippen molar-refractivity contribution in [1.82, 2.24) is 0 Å². The quantitative estimate of drug-likeness (QED) is 0.885. The highest BCUT2D eigenvalue weighted by atomic mass is 16.5. The zero-order valence-corrected chi connectivity index (χ0v) is 12.0. The molecular weight excluding hydrogens is 238 g/mol. The molecule has 0 radical (unpaired) electrons. The molecule has 1 aliphatic rings. The van der Waals surface area contributed by atoms with E-state index in [2.05, 4.69) is 19.1 Å². The van der Waals surface area contributed by atoms with E-state index in [0.29, 0.717) is 6.10 Å². The molecule has 1 aliphatic carbocycles. The molecular formula is C16H25NO2. The average molecular weight is 263 g/mol. The number of methoxy groups -OCH3 is 1. The maximum atomic E-state index is 6.03. The molecule has 1 saturated carbocycles. The van der Waals surface area contributed by atoms with Crippen LogP contribution in [0.25, 0.3) is 0 Å². The van der Waals surface area contributed by atoms with Crippen molar-refractivity contribution in [2.75, 3.05) is 7.11 Å². The summed E-state index contributed by atoms with van der Waals surface area (Å²) >= 11 is 0. The second kappa shape index (κ2) is 6.92. The Morgan fingerprint density at radius 2 is 1.89 bits per heavy atom. The molecule has 0 spiro atoms. The molecule has 0 heterocycles. The minimum Gasteiger partial charge on any atom is -0.490 e. The Bertz CT molecular complexity index is 377. The fraction of sp³-hybridized carbons (Fsp3) is 0.625. The van der Waals surface area contributed by atoms with Gasteiger partial charge in [0.15, 0.2) is 0 Å². The summed E-state index contributed by atoms with van der Waals surface area (Å²) in [6.45, 7) is 2.10. The average Bonchev–Trinajstić information content (AvgIpc) is 2.47. The van der Waals surface area contributed by atoms with Crippen molar-refractivity contribution < 1.29 is 9.47 Å². The standard InChI is InChI=1S/C16H25NO2/c1-3-16(17)12-7-9-13(10-8-12)19-15-6-4-5-14(11-15)18-2/h7-10,14-16H,3-6,11,17H2,1-2H3/t14?,15?,16-/m1/s1. The van der Waals surface area contributed by atoms with Crippen LogP contribution in [0.15, 0.2) is 24.3 Å². The zero-order valence-electron chi connectivity index (χ0n) is 12.0. The van der Waals surface area contributed by atoms with E-state index in [0.717, 1.165) is 31.4 Å². The van der Waals surface area contributed by atoms with E-state index in [1.807, 2.05) is 12.1 Å². The smallest absolute Gasteiger partial charge is 0.119 e. The fourth-order valence-electron chi connectivity index (χ4n) is 2.64. The van der Waals surface area contributed by atoms with Crippen molar-refractivity contribution in [3.63, 3.8) is 0 Å². The maximum absolute atomic E-state index is 6.03. The highest BCUT2D eigenvalue weighted by Gasteiger charge is 2.22. The summed E-state index contributed by atoms with van der Waals surface area (Å²) < 4.78 is 11.5. The molecule has 0 bridgehead atoms. The Kier molecular flexibility index (Phi) is 5.23. The van der Waals surface area contributed by atoms with Crippen LogP contribution in [0.2, 0.25) is 0 Å². The Balaban J connectivity index is 1.92. The highest BCUT2D eigenvalue weighted by Crippen LogP contribution is 2.26.